The highest BCUT2D eigenvalue weighted by Crippen LogP contribution is 2.44. The van der Waals surface area contributed by atoms with Crippen LogP contribution in [0.15, 0.2) is 60.7 Å². The molecule has 4 rings (SSSR count). The molecular weight excluding hydrogens is 318 g/mol. The third-order valence-electron chi connectivity index (χ3n) is 4.65. The molecule has 0 atom stereocenters. The third kappa shape index (κ3) is 2.61. The minimum atomic E-state index is -0.417. The van der Waals surface area contributed by atoms with Gasteiger partial charge in [-0.3, -0.25) is 10.1 Å². The second-order valence-corrected chi connectivity index (χ2v) is 6.80. The largest absolute Gasteiger partial charge is 0.300 e. The number of nitrogens with zero attached hydrogens (tertiary/aromatic N) is 2. The van der Waals surface area contributed by atoms with Crippen LogP contribution in [0.4, 0.5) is 5.13 Å². The summed E-state index contributed by atoms with van der Waals surface area (Å²) in [6.07, 6.45) is 2.84. The molecule has 2 aromatic carbocycles. The SMILES string of the molecule is O=C(Nc1nc(-c2ccccc2)ns1)C1(c2ccccc2)CCC1. The van der Waals surface area contributed by atoms with Gasteiger partial charge in [-0.25, -0.2) is 0 Å². The molecule has 0 bridgehead atoms. The first-order valence-corrected chi connectivity index (χ1v) is 8.81. The number of carbonyl (C=O) groups excluding carboxylic acids is 1. The van der Waals surface area contributed by atoms with Crippen LogP contribution in [0, 0.1) is 0 Å². The van der Waals surface area contributed by atoms with Crippen LogP contribution in [0.5, 0.6) is 0 Å². The molecule has 5 heteroatoms. The molecule has 120 valence electrons. The van der Waals surface area contributed by atoms with Crippen LogP contribution in [0.25, 0.3) is 11.4 Å². The van der Waals surface area contributed by atoms with E-state index in [1.807, 2.05) is 60.7 Å². The first-order chi connectivity index (χ1) is 11.8. The summed E-state index contributed by atoms with van der Waals surface area (Å²) in [4.78, 5) is 17.4. The molecule has 0 unspecified atom stereocenters. The van der Waals surface area contributed by atoms with Crippen molar-refractivity contribution in [2.45, 2.75) is 24.7 Å². The van der Waals surface area contributed by atoms with E-state index in [1.54, 1.807) is 0 Å². The van der Waals surface area contributed by atoms with E-state index in [-0.39, 0.29) is 5.91 Å². The third-order valence-corrected chi connectivity index (χ3v) is 5.28. The van der Waals surface area contributed by atoms with Crippen LogP contribution in [-0.2, 0) is 10.2 Å². The van der Waals surface area contributed by atoms with E-state index in [0.29, 0.717) is 11.0 Å². The Hall–Kier alpha value is -2.53. The van der Waals surface area contributed by atoms with Gasteiger partial charge in [0.15, 0.2) is 5.82 Å². The van der Waals surface area contributed by atoms with Crippen molar-refractivity contribution in [1.29, 1.82) is 0 Å². The maximum Gasteiger partial charge on any atom is 0.236 e. The lowest BCUT2D eigenvalue weighted by molar-refractivity contribution is -0.124. The zero-order chi connectivity index (χ0) is 16.4. The molecule has 1 N–H and O–H groups in total. The van der Waals surface area contributed by atoms with E-state index in [9.17, 15) is 4.79 Å². The van der Waals surface area contributed by atoms with Crippen LogP contribution >= 0.6 is 11.5 Å². The summed E-state index contributed by atoms with van der Waals surface area (Å²) in [5, 5.41) is 3.54. The number of anilines is 1. The molecule has 0 spiro atoms. The van der Waals surface area contributed by atoms with Crippen molar-refractivity contribution in [2.24, 2.45) is 0 Å². The van der Waals surface area contributed by atoms with Crippen molar-refractivity contribution < 1.29 is 4.79 Å². The summed E-state index contributed by atoms with van der Waals surface area (Å²) in [6.45, 7) is 0. The summed E-state index contributed by atoms with van der Waals surface area (Å²) < 4.78 is 4.35. The van der Waals surface area contributed by atoms with Crippen LogP contribution in [0.2, 0.25) is 0 Å². The minimum Gasteiger partial charge on any atom is -0.300 e. The van der Waals surface area contributed by atoms with Crippen molar-refractivity contribution in [1.82, 2.24) is 9.36 Å². The van der Waals surface area contributed by atoms with Gasteiger partial charge >= 0.3 is 0 Å². The first kappa shape index (κ1) is 15.0. The maximum atomic E-state index is 12.9. The highest BCUT2D eigenvalue weighted by atomic mass is 32.1. The fraction of sp³-hybridized carbons (Fsp3) is 0.211. The Labute approximate surface area is 144 Å². The van der Waals surface area contributed by atoms with Gasteiger partial charge in [-0.15, -0.1) is 0 Å². The Balaban J connectivity index is 1.55. The molecule has 0 saturated heterocycles. The molecule has 0 aliphatic heterocycles. The topological polar surface area (TPSA) is 54.9 Å². The summed E-state index contributed by atoms with van der Waals surface area (Å²) in [5.74, 6) is 0.675. The number of aromatic nitrogens is 2. The fourth-order valence-corrected chi connectivity index (χ4v) is 3.71. The van der Waals surface area contributed by atoms with Crippen LogP contribution in [0.1, 0.15) is 24.8 Å². The van der Waals surface area contributed by atoms with Gasteiger partial charge in [0.25, 0.3) is 0 Å². The van der Waals surface area contributed by atoms with Crippen LogP contribution < -0.4 is 5.32 Å². The van der Waals surface area contributed by atoms with Crippen molar-refractivity contribution in [3.63, 3.8) is 0 Å². The summed E-state index contributed by atoms with van der Waals surface area (Å²) >= 11 is 1.23. The summed E-state index contributed by atoms with van der Waals surface area (Å²) in [6, 6.07) is 19.8. The van der Waals surface area contributed by atoms with Crippen molar-refractivity contribution >= 4 is 22.6 Å². The van der Waals surface area contributed by atoms with E-state index in [4.69, 9.17) is 0 Å². The molecule has 0 radical (unpaired) electrons. The van der Waals surface area contributed by atoms with E-state index >= 15 is 0 Å². The van der Waals surface area contributed by atoms with E-state index in [2.05, 4.69) is 14.7 Å². The van der Waals surface area contributed by atoms with Gasteiger partial charge in [0.2, 0.25) is 11.0 Å². The number of carbonyl (C=O) groups is 1. The van der Waals surface area contributed by atoms with Crippen molar-refractivity contribution in [2.75, 3.05) is 5.32 Å². The lowest BCUT2D eigenvalue weighted by Crippen LogP contribution is -2.45. The Bertz CT molecular complexity index is 841. The first-order valence-electron chi connectivity index (χ1n) is 8.04. The molecule has 1 aliphatic carbocycles. The Morgan fingerprint density at radius 1 is 1.00 bits per heavy atom. The molecule has 24 heavy (non-hydrogen) atoms. The molecule has 1 heterocycles. The molecule has 1 aliphatic rings. The summed E-state index contributed by atoms with van der Waals surface area (Å²) in [5.41, 5.74) is 1.62. The molecular formula is C19H17N3OS. The Morgan fingerprint density at radius 2 is 1.67 bits per heavy atom. The lowest BCUT2D eigenvalue weighted by Gasteiger charge is -2.40. The van der Waals surface area contributed by atoms with Crippen LogP contribution in [0.3, 0.4) is 0 Å². The van der Waals surface area contributed by atoms with E-state index in [0.717, 1.165) is 30.4 Å². The number of nitrogens with one attached hydrogen (secondary N) is 1. The number of rotatable bonds is 4. The Morgan fingerprint density at radius 3 is 2.29 bits per heavy atom. The highest BCUT2D eigenvalue weighted by Gasteiger charge is 2.45. The standard InChI is InChI=1S/C19H17N3OS/c23-17(19(12-7-13-19)15-10-5-2-6-11-15)21-18-20-16(22-24-18)14-8-3-1-4-9-14/h1-6,8-11H,7,12-13H2,(H,20,21,22,23). The molecule has 4 nitrogen and oxygen atoms in total. The van der Waals surface area contributed by atoms with Gasteiger partial charge < -0.3 is 0 Å². The number of hydrogen-bond donors (Lipinski definition) is 1. The zero-order valence-corrected chi connectivity index (χ0v) is 13.9. The van der Waals surface area contributed by atoms with Gasteiger partial charge in [-0.1, -0.05) is 67.1 Å². The normalized spacial score (nSPS) is 15.5. The average Bonchev–Trinajstić information content (AvgIpc) is 3.04. The van der Waals surface area contributed by atoms with Crippen molar-refractivity contribution in [3.05, 3.63) is 66.2 Å². The fourth-order valence-electron chi connectivity index (χ4n) is 3.13. The minimum absolute atomic E-state index is 0.0238. The van der Waals surface area contributed by atoms with E-state index in [1.165, 1.54) is 11.5 Å². The number of hydrogen-bond acceptors (Lipinski definition) is 4. The molecule has 1 fully saturated rings. The molecule has 3 aromatic rings. The second-order valence-electron chi connectivity index (χ2n) is 6.04. The van der Waals surface area contributed by atoms with Crippen molar-refractivity contribution in [3.8, 4) is 11.4 Å². The quantitative estimate of drug-likeness (QED) is 0.775. The van der Waals surface area contributed by atoms with E-state index < -0.39 is 5.41 Å². The van der Waals surface area contributed by atoms with Gasteiger partial charge in [-0.2, -0.15) is 9.36 Å². The monoisotopic (exact) mass is 335 g/mol. The summed E-state index contributed by atoms with van der Waals surface area (Å²) in [7, 11) is 0. The predicted octanol–water partition coefficient (Wildman–Crippen LogP) is 4.27. The molecule has 1 amide bonds. The van der Waals surface area contributed by atoms with Gasteiger partial charge in [0.1, 0.15) is 0 Å². The maximum absolute atomic E-state index is 12.9. The average molecular weight is 335 g/mol. The van der Waals surface area contributed by atoms with Gasteiger partial charge in [-0.05, 0) is 18.4 Å². The smallest absolute Gasteiger partial charge is 0.236 e. The lowest BCUT2D eigenvalue weighted by atomic mass is 9.64. The molecule has 1 saturated carbocycles. The van der Waals surface area contributed by atoms with Gasteiger partial charge in [0.05, 0.1) is 5.41 Å². The Kier molecular flexibility index (Phi) is 3.86. The number of amides is 1. The predicted molar refractivity (Wildman–Crippen MR) is 95.9 cm³/mol. The molecule has 1 aromatic heterocycles. The highest BCUT2D eigenvalue weighted by molar-refractivity contribution is 7.10. The number of benzene rings is 2. The second kappa shape index (κ2) is 6.17. The van der Waals surface area contributed by atoms with Crippen LogP contribution in [-0.4, -0.2) is 15.3 Å². The zero-order valence-electron chi connectivity index (χ0n) is 13.1. The van der Waals surface area contributed by atoms with Gasteiger partial charge in [0, 0.05) is 17.1 Å².